The third-order valence-electron chi connectivity index (χ3n) is 4.19. The standard InChI is InChI=1S/C23H25N3O3/c1-28-15-5-13-25-23(27)22-16-20(12-14-24-22)26-19-8-10-21(11-9-19)29-17-18-6-3-2-4-7-18/h2-4,6-12,14,16H,5,13,15,17H2,1H3,(H,24,26)(H,25,27). The Kier molecular flexibility index (Phi) is 7.60. The Bertz CT molecular complexity index is 899. The van der Waals surface area contributed by atoms with E-state index in [1.54, 1.807) is 19.4 Å². The fraction of sp³-hybridized carbons (Fsp3) is 0.217. The van der Waals surface area contributed by atoms with Crippen LogP contribution in [0.1, 0.15) is 22.5 Å². The molecular formula is C23H25N3O3. The van der Waals surface area contributed by atoms with Gasteiger partial charge >= 0.3 is 0 Å². The van der Waals surface area contributed by atoms with Crippen molar-refractivity contribution >= 4 is 17.3 Å². The number of methoxy groups -OCH3 is 1. The molecule has 150 valence electrons. The molecule has 0 saturated heterocycles. The molecular weight excluding hydrogens is 366 g/mol. The van der Waals surface area contributed by atoms with Crippen LogP contribution < -0.4 is 15.4 Å². The Labute approximate surface area is 170 Å². The van der Waals surface area contributed by atoms with Crippen LogP contribution in [0.3, 0.4) is 0 Å². The SMILES string of the molecule is COCCCNC(=O)c1cc(Nc2ccc(OCc3ccccc3)cc2)ccn1. The number of benzene rings is 2. The molecule has 0 fully saturated rings. The number of amides is 1. The number of anilines is 2. The first-order valence-electron chi connectivity index (χ1n) is 9.51. The lowest BCUT2D eigenvalue weighted by molar-refractivity contribution is 0.0943. The molecule has 1 heterocycles. The summed E-state index contributed by atoms with van der Waals surface area (Å²) in [6.45, 7) is 1.69. The van der Waals surface area contributed by atoms with Gasteiger partial charge in [-0.05, 0) is 48.4 Å². The number of aromatic nitrogens is 1. The number of rotatable bonds is 10. The van der Waals surface area contributed by atoms with Crippen molar-refractivity contribution in [3.63, 3.8) is 0 Å². The summed E-state index contributed by atoms with van der Waals surface area (Å²) < 4.78 is 10.8. The summed E-state index contributed by atoms with van der Waals surface area (Å²) in [4.78, 5) is 16.3. The van der Waals surface area contributed by atoms with Crippen LogP contribution >= 0.6 is 0 Å². The summed E-state index contributed by atoms with van der Waals surface area (Å²) in [6.07, 6.45) is 2.38. The largest absolute Gasteiger partial charge is 0.489 e. The zero-order valence-electron chi connectivity index (χ0n) is 16.4. The fourth-order valence-corrected chi connectivity index (χ4v) is 2.68. The molecule has 3 rings (SSSR count). The van der Waals surface area contributed by atoms with Crippen LogP contribution in [-0.2, 0) is 11.3 Å². The van der Waals surface area contributed by atoms with Gasteiger partial charge in [0.15, 0.2) is 0 Å². The molecule has 0 aliphatic heterocycles. The van der Waals surface area contributed by atoms with Crippen molar-refractivity contribution in [2.75, 3.05) is 25.6 Å². The first-order valence-corrected chi connectivity index (χ1v) is 9.51. The summed E-state index contributed by atoms with van der Waals surface area (Å²) >= 11 is 0. The van der Waals surface area contributed by atoms with E-state index in [4.69, 9.17) is 9.47 Å². The number of pyridine rings is 1. The first-order chi connectivity index (χ1) is 14.2. The maximum atomic E-state index is 12.2. The molecule has 6 heteroatoms. The van der Waals surface area contributed by atoms with E-state index < -0.39 is 0 Å². The van der Waals surface area contributed by atoms with E-state index in [0.717, 1.165) is 29.1 Å². The van der Waals surface area contributed by atoms with Gasteiger partial charge in [0, 0.05) is 37.8 Å². The lowest BCUT2D eigenvalue weighted by atomic mass is 10.2. The highest BCUT2D eigenvalue weighted by molar-refractivity contribution is 5.93. The molecule has 3 aromatic rings. The summed E-state index contributed by atoms with van der Waals surface area (Å²) in [7, 11) is 1.64. The van der Waals surface area contributed by atoms with E-state index in [1.807, 2.05) is 60.7 Å². The minimum absolute atomic E-state index is 0.200. The van der Waals surface area contributed by atoms with Gasteiger partial charge in [-0.2, -0.15) is 0 Å². The number of carbonyl (C=O) groups excluding carboxylic acids is 1. The Balaban J connectivity index is 1.53. The average molecular weight is 391 g/mol. The molecule has 1 aromatic heterocycles. The zero-order chi connectivity index (χ0) is 20.3. The van der Waals surface area contributed by atoms with E-state index in [2.05, 4.69) is 15.6 Å². The van der Waals surface area contributed by atoms with Gasteiger partial charge in [-0.1, -0.05) is 30.3 Å². The van der Waals surface area contributed by atoms with Crippen LogP contribution in [-0.4, -0.2) is 31.2 Å². The second kappa shape index (κ2) is 10.8. The van der Waals surface area contributed by atoms with Crippen molar-refractivity contribution in [1.29, 1.82) is 0 Å². The van der Waals surface area contributed by atoms with Crippen LogP contribution in [0, 0.1) is 0 Å². The predicted octanol–water partition coefficient (Wildman–Crippen LogP) is 4.17. The van der Waals surface area contributed by atoms with E-state index in [-0.39, 0.29) is 5.91 Å². The van der Waals surface area contributed by atoms with Crippen molar-refractivity contribution in [3.05, 3.63) is 84.2 Å². The van der Waals surface area contributed by atoms with Gasteiger partial charge < -0.3 is 20.1 Å². The zero-order valence-corrected chi connectivity index (χ0v) is 16.4. The maximum absolute atomic E-state index is 12.2. The number of nitrogens with zero attached hydrogens (tertiary/aromatic N) is 1. The highest BCUT2D eigenvalue weighted by Crippen LogP contribution is 2.21. The van der Waals surface area contributed by atoms with E-state index in [0.29, 0.717) is 25.5 Å². The monoisotopic (exact) mass is 391 g/mol. The van der Waals surface area contributed by atoms with Crippen molar-refractivity contribution in [2.24, 2.45) is 0 Å². The molecule has 2 N–H and O–H groups in total. The number of hydrogen-bond acceptors (Lipinski definition) is 5. The molecule has 1 amide bonds. The minimum atomic E-state index is -0.200. The average Bonchev–Trinajstić information content (AvgIpc) is 2.77. The maximum Gasteiger partial charge on any atom is 0.269 e. The summed E-state index contributed by atoms with van der Waals surface area (Å²) in [6, 6.07) is 21.3. The van der Waals surface area contributed by atoms with E-state index in [1.165, 1.54) is 0 Å². The molecule has 0 radical (unpaired) electrons. The third-order valence-corrected chi connectivity index (χ3v) is 4.19. The van der Waals surface area contributed by atoms with Gasteiger partial charge in [0.1, 0.15) is 18.1 Å². The second-order valence-corrected chi connectivity index (χ2v) is 6.46. The molecule has 0 saturated carbocycles. The second-order valence-electron chi connectivity index (χ2n) is 6.46. The fourth-order valence-electron chi connectivity index (χ4n) is 2.68. The van der Waals surface area contributed by atoms with Crippen molar-refractivity contribution in [3.8, 4) is 5.75 Å². The Hall–Kier alpha value is -3.38. The van der Waals surface area contributed by atoms with Gasteiger partial charge in [-0.15, -0.1) is 0 Å². The first kappa shape index (κ1) is 20.4. The molecule has 0 aliphatic rings. The van der Waals surface area contributed by atoms with Crippen LogP contribution in [0.5, 0.6) is 5.75 Å². The number of carbonyl (C=O) groups is 1. The molecule has 0 unspecified atom stereocenters. The number of hydrogen-bond donors (Lipinski definition) is 2. The van der Waals surface area contributed by atoms with E-state index in [9.17, 15) is 4.79 Å². The minimum Gasteiger partial charge on any atom is -0.489 e. The van der Waals surface area contributed by atoms with Gasteiger partial charge in [0.05, 0.1) is 0 Å². The van der Waals surface area contributed by atoms with Crippen LogP contribution in [0.15, 0.2) is 72.9 Å². The normalized spacial score (nSPS) is 10.4. The molecule has 6 nitrogen and oxygen atoms in total. The topological polar surface area (TPSA) is 72.5 Å². The highest BCUT2D eigenvalue weighted by atomic mass is 16.5. The highest BCUT2D eigenvalue weighted by Gasteiger charge is 2.07. The van der Waals surface area contributed by atoms with E-state index >= 15 is 0 Å². The van der Waals surface area contributed by atoms with Crippen molar-refractivity contribution in [2.45, 2.75) is 13.0 Å². The predicted molar refractivity (Wildman–Crippen MR) is 114 cm³/mol. The Morgan fingerprint density at radius 3 is 2.55 bits per heavy atom. The van der Waals surface area contributed by atoms with Gasteiger partial charge in [-0.25, -0.2) is 0 Å². The van der Waals surface area contributed by atoms with Crippen molar-refractivity contribution < 1.29 is 14.3 Å². The summed E-state index contributed by atoms with van der Waals surface area (Å²) in [5, 5.41) is 6.12. The Morgan fingerprint density at radius 1 is 1.00 bits per heavy atom. The lowest BCUT2D eigenvalue weighted by Gasteiger charge is -2.10. The number of nitrogens with one attached hydrogen (secondary N) is 2. The molecule has 0 spiro atoms. The van der Waals surface area contributed by atoms with Crippen LogP contribution in [0.2, 0.25) is 0 Å². The quantitative estimate of drug-likeness (QED) is 0.508. The summed E-state index contributed by atoms with van der Waals surface area (Å²) in [5.41, 5.74) is 3.18. The van der Waals surface area contributed by atoms with Gasteiger partial charge in [0.2, 0.25) is 0 Å². The Morgan fingerprint density at radius 2 is 1.79 bits per heavy atom. The van der Waals surface area contributed by atoms with Crippen LogP contribution in [0.4, 0.5) is 11.4 Å². The van der Waals surface area contributed by atoms with Gasteiger partial charge in [0.25, 0.3) is 5.91 Å². The molecule has 0 atom stereocenters. The summed E-state index contributed by atoms with van der Waals surface area (Å²) in [5.74, 6) is 0.597. The third kappa shape index (κ3) is 6.62. The number of ether oxygens (including phenoxy) is 2. The lowest BCUT2D eigenvalue weighted by Crippen LogP contribution is -2.26. The smallest absolute Gasteiger partial charge is 0.269 e. The molecule has 0 aliphatic carbocycles. The molecule has 2 aromatic carbocycles. The molecule has 0 bridgehead atoms. The molecule has 29 heavy (non-hydrogen) atoms. The van der Waals surface area contributed by atoms with Gasteiger partial charge in [-0.3, -0.25) is 9.78 Å². The van der Waals surface area contributed by atoms with Crippen LogP contribution in [0.25, 0.3) is 0 Å². The van der Waals surface area contributed by atoms with Crippen molar-refractivity contribution in [1.82, 2.24) is 10.3 Å².